The Morgan fingerprint density at radius 1 is 0.824 bits per heavy atom. The molecule has 2 rings (SSSR count). The Balaban J connectivity index is 1.97. The van der Waals surface area contributed by atoms with Crippen molar-refractivity contribution in [1.82, 2.24) is 0 Å². The van der Waals surface area contributed by atoms with Gasteiger partial charge in [-0.05, 0) is 24.6 Å². The van der Waals surface area contributed by atoms with Gasteiger partial charge in [-0.3, -0.25) is 0 Å². The molecule has 0 saturated heterocycles. The second kappa shape index (κ2) is 5.94. The predicted molar refractivity (Wildman–Crippen MR) is 68.4 cm³/mol. The lowest BCUT2D eigenvalue weighted by molar-refractivity contribution is 0.299. The van der Waals surface area contributed by atoms with Crippen LogP contribution in [0.25, 0.3) is 0 Å². The highest BCUT2D eigenvalue weighted by Gasteiger charge is 1.98. The van der Waals surface area contributed by atoms with Crippen molar-refractivity contribution in [2.75, 3.05) is 6.61 Å². The van der Waals surface area contributed by atoms with Crippen molar-refractivity contribution in [2.45, 2.75) is 13.5 Å². The van der Waals surface area contributed by atoms with E-state index < -0.39 is 0 Å². The summed E-state index contributed by atoms with van der Waals surface area (Å²) in [6.07, 6.45) is 0. The molecule has 17 heavy (non-hydrogen) atoms. The summed E-state index contributed by atoms with van der Waals surface area (Å²) in [5, 5.41) is 0. The molecule has 0 aromatic heterocycles. The van der Waals surface area contributed by atoms with Crippen LogP contribution in [0.4, 0.5) is 0 Å². The Hall–Kier alpha value is -1.96. The third-order valence-electron chi connectivity index (χ3n) is 2.36. The van der Waals surface area contributed by atoms with Crippen molar-refractivity contribution in [3.05, 3.63) is 60.2 Å². The molecule has 2 nitrogen and oxygen atoms in total. The second-order valence-corrected chi connectivity index (χ2v) is 3.68. The molecule has 2 aromatic rings. The van der Waals surface area contributed by atoms with Crippen LogP contribution in [0.15, 0.2) is 54.6 Å². The Morgan fingerprint density at radius 2 is 1.53 bits per heavy atom. The summed E-state index contributed by atoms with van der Waals surface area (Å²) < 4.78 is 11.1. The first kappa shape index (κ1) is 11.5. The zero-order valence-corrected chi connectivity index (χ0v) is 9.93. The lowest BCUT2D eigenvalue weighted by atomic mass is 10.2. The van der Waals surface area contributed by atoms with Gasteiger partial charge in [-0.15, -0.1) is 0 Å². The lowest BCUT2D eigenvalue weighted by Crippen LogP contribution is -1.96. The number of rotatable bonds is 5. The van der Waals surface area contributed by atoms with E-state index in [2.05, 4.69) is 0 Å². The number of ether oxygens (including phenoxy) is 2. The van der Waals surface area contributed by atoms with Crippen LogP contribution in [-0.4, -0.2) is 6.61 Å². The smallest absolute Gasteiger partial charge is 0.123 e. The fourth-order valence-electron chi connectivity index (χ4n) is 1.56. The van der Waals surface area contributed by atoms with Crippen LogP contribution in [0, 0.1) is 0 Å². The molecule has 0 radical (unpaired) electrons. The molecule has 0 fully saturated rings. The summed E-state index contributed by atoms with van der Waals surface area (Å²) in [5.41, 5.74) is 1.16. The largest absolute Gasteiger partial charge is 0.494 e. The number of benzene rings is 2. The van der Waals surface area contributed by atoms with Gasteiger partial charge in [0.25, 0.3) is 0 Å². The number of hydrogen-bond donors (Lipinski definition) is 0. The Kier molecular flexibility index (Phi) is 4.03. The first-order valence-electron chi connectivity index (χ1n) is 5.78. The molecule has 0 unspecified atom stereocenters. The molecule has 0 bridgehead atoms. The van der Waals surface area contributed by atoms with Crippen molar-refractivity contribution in [2.24, 2.45) is 0 Å². The molecule has 0 N–H and O–H groups in total. The van der Waals surface area contributed by atoms with Gasteiger partial charge in [-0.1, -0.05) is 36.4 Å². The maximum absolute atomic E-state index is 5.70. The molecule has 0 aliphatic heterocycles. The summed E-state index contributed by atoms with van der Waals surface area (Å²) >= 11 is 0. The molecule has 0 atom stereocenters. The zero-order valence-electron chi connectivity index (χ0n) is 9.93. The molecule has 0 spiro atoms. The maximum Gasteiger partial charge on any atom is 0.123 e. The van der Waals surface area contributed by atoms with Crippen molar-refractivity contribution in [1.29, 1.82) is 0 Å². The summed E-state index contributed by atoms with van der Waals surface area (Å²) in [5.74, 6) is 1.68. The van der Waals surface area contributed by atoms with Gasteiger partial charge in [-0.25, -0.2) is 0 Å². The molecule has 0 amide bonds. The van der Waals surface area contributed by atoms with Gasteiger partial charge in [0.05, 0.1) is 6.61 Å². The molecular formula is C15H16O2. The molecule has 0 aliphatic rings. The summed E-state index contributed by atoms with van der Waals surface area (Å²) in [7, 11) is 0. The first-order valence-corrected chi connectivity index (χ1v) is 5.78. The van der Waals surface area contributed by atoms with Gasteiger partial charge in [0.1, 0.15) is 18.1 Å². The van der Waals surface area contributed by atoms with Crippen molar-refractivity contribution in [3.8, 4) is 11.5 Å². The molecule has 0 heterocycles. The Labute approximate surface area is 102 Å². The molecule has 0 saturated carbocycles. The highest BCUT2D eigenvalue weighted by atomic mass is 16.5. The summed E-state index contributed by atoms with van der Waals surface area (Å²) in [6, 6.07) is 17.8. The van der Waals surface area contributed by atoms with Crippen LogP contribution in [-0.2, 0) is 6.61 Å². The van der Waals surface area contributed by atoms with Crippen molar-refractivity contribution in [3.63, 3.8) is 0 Å². The minimum absolute atomic E-state index is 0.580. The van der Waals surface area contributed by atoms with E-state index in [9.17, 15) is 0 Å². The Bertz CT molecular complexity index is 451. The van der Waals surface area contributed by atoms with E-state index in [1.807, 2.05) is 61.5 Å². The van der Waals surface area contributed by atoms with Gasteiger partial charge in [0, 0.05) is 6.07 Å². The van der Waals surface area contributed by atoms with Crippen molar-refractivity contribution < 1.29 is 9.47 Å². The van der Waals surface area contributed by atoms with E-state index in [0.29, 0.717) is 13.2 Å². The SMILES string of the molecule is CCOc1cccc(OCc2ccccc2)c1. The van der Waals surface area contributed by atoms with E-state index in [4.69, 9.17) is 9.47 Å². The minimum Gasteiger partial charge on any atom is -0.494 e. The van der Waals surface area contributed by atoms with Crippen LogP contribution in [0.2, 0.25) is 0 Å². The number of hydrogen-bond acceptors (Lipinski definition) is 2. The van der Waals surface area contributed by atoms with E-state index in [1.54, 1.807) is 0 Å². The van der Waals surface area contributed by atoms with Crippen LogP contribution in [0.5, 0.6) is 11.5 Å². The molecule has 2 aromatic carbocycles. The molecule has 88 valence electrons. The van der Waals surface area contributed by atoms with Gasteiger partial charge in [0.2, 0.25) is 0 Å². The third-order valence-corrected chi connectivity index (χ3v) is 2.36. The van der Waals surface area contributed by atoms with Crippen molar-refractivity contribution >= 4 is 0 Å². The lowest BCUT2D eigenvalue weighted by Gasteiger charge is -2.08. The van der Waals surface area contributed by atoms with Gasteiger partial charge < -0.3 is 9.47 Å². The monoisotopic (exact) mass is 228 g/mol. The van der Waals surface area contributed by atoms with Crippen LogP contribution < -0.4 is 9.47 Å². The fourth-order valence-corrected chi connectivity index (χ4v) is 1.56. The minimum atomic E-state index is 0.580. The van der Waals surface area contributed by atoms with Crippen LogP contribution in [0.1, 0.15) is 12.5 Å². The van der Waals surface area contributed by atoms with Gasteiger partial charge in [0.15, 0.2) is 0 Å². The van der Waals surface area contributed by atoms with Gasteiger partial charge in [-0.2, -0.15) is 0 Å². The summed E-state index contributed by atoms with van der Waals surface area (Å²) in [6.45, 7) is 3.22. The molecule has 2 heteroatoms. The van der Waals surface area contributed by atoms with E-state index in [1.165, 1.54) is 0 Å². The average Bonchev–Trinajstić information content (AvgIpc) is 2.39. The second-order valence-electron chi connectivity index (χ2n) is 3.68. The quantitative estimate of drug-likeness (QED) is 0.777. The average molecular weight is 228 g/mol. The predicted octanol–water partition coefficient (Wildman–Crippen LogP) is 3.66. The summed E-state index contributed by atoms with van der Waals surface area (Å²) in [4.78, 5) is 0. The van der Waals surface area contributed by atoms with Crippen LogP contribution >= 0.6 is 0 Å². The third kappa shape index (κ3) is 3.52. The zero-order chi connectivity index (χ0) is 11.9. The topological polar surface area (TPSA) is 18.5 Å². The van der Waals surface area contributed by atoms with Gasteiger partial charge >= 0.3 is 0 Å². The first-order chi connectivity index (χ1) is 8.38. The van der Waals surface area contributed by atoms with E-state index >= 15 is 0 Å². The highest BCUT2D eigenvalue weighted by molar-refractivity contribution is 5.33. The van der Waals surface area contributed by atoms with E-state index in [0.717, 1.165) is 17.1 Å². The molecule has 0 aliphatic carbocycles. The maximum atomic E-state index is 5.70. The normalized spacial score (nSPS) is 9.94. The standard InChI is InChI=1S/C15H16O2/c1-2-16-14-9-6-10-15(11-14)17-12-13-7-4-3-5-8-13/h3-11H,2,12H2,1H3. The highest BCUT2D eigenvalue weighted by Crippen LogP contribution is 2.20. The van der Waals surface area contributed by atoms with E-state index in [-0.39, 0.29) is 0 Å². The molecular weight excluding hydrogens is 212 g/mol. The fraction of sp³-hybridized carbons (Fsp3) is 0.200. The Morgan fingerprint density at radius 3 is 2.24 bits per heavy atom. The van der Waals surface area contributed by atoms with Crippen LogP contribution in [0.3, 0.4) is 0 Å².